The molecule has 0 atom stereocenters. The van der Waals surface area contributed by atoms with Gasteiger partial charge in [-0.1, -0.05) is 253 Å². The van der Waals surface area contributed by atoms with E-state index in [0.29, 0.717) is 0 Å². The summed E-state index contributed by atoms with van der Waals surface area (Å²) in [6, 6.07) is 87.7. The van der Waals surface area contributed by atoms with Crippen molar-refractivity contribution in [3.05, 3.63) is 320 Å². The number of aryl methyl sites for hydroxylation is 2. The fourth-order valence-electron chi connectivity index (χ4n) is 15.6. The molecule has 0 aliphatic heterocycles. The summed E-state index contributed by atoms with van der Waals surface area (Å²) in [6.07, 6.45) is 40.2. The molecule has 0 radical (unpaired) electrons. The normalized spacial score (nSPS) is 15.1. The lowest BCUT2D eigenvalue weighted by molar-refractivity contribution is 0.602. The third-order valence-corrected chi connectivity index (χ3v) is 21.0. The van der Waals surface area contributed by atoms with Crippen LogP contribution in [0.25, 0.3) is 69.9 Å². The summed E-state index contributed by atoms with van der Waals surface area (Å²) >= 11 is 0. The smallest absolute Gasteiger partial charge is 0.0548 e. The van der Waals surface area contributed by atoms with Gasteiger partial charge in [0.25, 0.3) is 0 Å². The zero-order valence-electron chi connectivity index (χ0n) is 56.4. The fourth-order valence-corrected chi connectivity index (χ4v) is 15.6. The number of hydrogen-bond donors (Lipinski definition) is 0. The maximum atomic E-state index is 2.48. The largest absolute Gasteiger partial charge is 0.310 e. The monoisotopic (exact) mass is 1250 g/mol. The lowest BCUT2D eigenvalue weighted by atomic mass is 9.77. The first-order chi connectivity index (χ1) is 47.3. The summed E-state index contributed by atoms with van der Waals surface area (Å²) in [5.41, 5.74) is 35.5. The number of fused-ring (bicyclic) bond motifs is 4. The lowest BCUT2D eigenvalue weighted by Crippen LogP contribution is -2.18. The summed E-state index contributed by atoms with van der Waals surface area (Å²) in [5, 5.41) is 0. The van der Waals surface area contributed by atoms with Crippen LogP contribution >= 0.6 is 0 Å². The molecule has 0 unspecified atom stereocenters. The summed E-state index contributed by atoms with van der Waals surface area (Å²) in [7, 11) is 0. The fraction of sp³-hybridized carbons (Fsp3) is 0.234. The summed E-state index contributed by atoms with van der Waals surface area (Å²) < 4.78 is 0. The molecule has 0 amide bonds. The summed E-state index contributed by atoms with van der Waals surface area (Å²) in [6.45, 7) is 4.36. The van der Waals surface area contributed by atoms with Crippen LogP contribution in [0.3, 0.4) is 0 Å². The van der Waals surface area contributed by atoms with E-state index in [1.807, 2.05) is 0 Å². The van der Waals surface area contributed by atoms with E-state index in [9.17, 15) is 0 Å². The molecule has 0 bridgehead atoms. The second-order valence-electron chi connectivity index (χ2n) is 28.0. The van der Waals surface area contributed by atoms with E-state index in [1.54, 1.807) is 22.3 Å². The van der Waals surface area contributed by atoms with Gasteiger partial charge in [-0.25, -0.2) is 0 Å². The van der Waals surface area contributed by atoms with Gasteiger partial charge in [0.1, 0.15) is 0 Å². The Hall–Kier alpha value is -9.76. The Balaban J connectivity index is 0.789. The van der Waals surface area contributed by atoms with Crippen molar-refractivity contribution in [3.63, 3.8) is 0 Å². The first kappa shape index (κ1) is 62.4. The molecular formula is C94H90N2. The van der Waals surface area contributed by atoms with Crippen molar-refractivity contribution in [1.82, 2.24) is 0 Å². The van der Waals surface area contributed by atoms with Crippen LogP contribution in [0.1, 0.15) is 195 Å². The number of hydrogen-bond acceptors (Lipinski definition) is 2. The van der Waals surface area contributed by atoms with Gasteiger partial charge in [0.2, 0.25) is 0 Å². The molecule has 0 spiro atoms. The highest BCUT2D eigenvalue weighted by atomic mass is 15.2. The Morgan fingerprint density at radius 2 is 0.490 bits per heavy atom. The standard InChI is InChI=1S/C94H90N2/c1-67-27-51-83(52-28-67)95(85-55-39-77(40-56-85)65-89(79-43-31-73(32-44-79)61-69-17-7-3-8-18-69)80-45-33-74(34-46-80)62-70-19-9-4-10-20-70)91-59-60-92(94-88-26-16-15-25-87(88)93(91)94)96(84-53-29-68(2)30-54-84)86-57-41-78(42-58-86)66-90(81-47-35-75(36-48-81)63-71-21-11-5-12-22-71)82-49-37-76(38-50-82)64-72-23-13-6-14-24-72/h15-16,25-66H,3-14,17-24H2,1-2H3. The minimum absolute atomic E-state index is 1.11. The quantitative estimate of drug-likeness (QED) is 0.0890. The van der Waals surface area contributed by atoms with Crippen molar-refractivity contribution in [2.75, 3.05) is 9.80 Å². The van der Waals surface area contributed by atoms with Crippen LogP contribution in [0.15, 0.2) is 253 Å². The highest BCUT2D eigenvalue weighted by Gasteiger charge is 2.34. The Morgan fingerprint density at radius 1 is 0.250 bits per heavy atom. The lowest BCUT2D eigenvalue weighted by Gasteiger charge is -2.38. The average Bonchev–Trinajstić information content (AvgIpc) is 0.707. The topological polar surface area (TPSA) is 6.48 Å². The molecule has 15 rings (SSSR count). The average molecular weight is 1250 g/mol. The van der Waals surface area contributed by atoms with Crippen molar-refractivity contribution in [2.45, 2.75) is 142 Å². The van der Waals surface area contributed by atoms with E-state index in [1.165, 1.54) is 217 Å². The van der Waals surface area contributed by atoms with Crippen LogP contribution in [0.5, 0.6) is 0 Å². The molecule has 0 N–H and O–H groups in total. The number of benzene rings is 10. The third-order valence-electron chi connectivity index (χ3n) is 21.0. The molecule has 96 heavy (non-hydrogen) atoms. The Bertz CT molecular complexity index is 4090. The van der Waals surface area contributed by atoms with Gasteiger partial charge in [0.15, 0.2) is 0 Å². The minimum Gasteiger partial charge on any atom is -0.310 e. The van der Waals surface area contributed by atoms with Gasteiger partial charge in [-0.15, -0.1) is 0 Å². The summed E-state index contributed by atoms with van der Waals surface area (Å²) in [5.74, 6) is 0. The van der Waals surface area contributed by atoms with Crippen molar-refractivity contribution >= 4 is 81.7 Å². The van der Waals surface area contributed by atoms with Crippen LogP contribution in [-0.2, 0) is 0 Å². The molecule has 5 aliphatic rings. The highest BCUT2D eigenvalue weighted by Crippen LogP contribution is 2.59. The Morgan fingerprint density at radius 3 is 0.750 bits per heavy atom. The van der Waals surface area contributed by atoms with Gasteiger partial charge >= 0.3 is 0 Å². The molecule has 0 aromatic heterocycles. The molecule has 10 aromatic rings. The summed E-state index contributed by atoms with van der Waals surface area (Å²) in [4.78, 5) is 4.95. The third kappa shape index (κ3) is 14.3. The van der Waals surface area contributed by atoms with E-state index in [-0.39, 0.29) is 0 Å². The zero-order valence-corrected chi connectivity index (χ0v) is 56.4. The molecule has 2 nitrogen and oxygen atoms in total. The molecular weight excluding hydrogens is 1160 g/mol. The first-order valence-electron chi connectivity index (χ1n) is 36.2. The van der Waals surface area contributed by atoms with Crippen molar-refractivity contribution < 1.29 is 0 Å². The van der Waals surface area contributed by atoms with E-state index >= 15 is 0 Å². The van der Waals surface area contributed by atoms with E-state index in [0.717, 1.165) is 45.3 Å². The van der Waals surface area contributed by atoms with Gasteiger partial charge < -0.3 is 9.80 Å². The zero-order chi connectivity index (χ0) is 64.6. The molecule has 0 saturated heterocycles. The van der Waals surface area contributed by atoms with Gasteiger partial charge in [0, 0.05) is 33.9 Å². The predicted molar refractivity (Wildman–Crippen MR) is 414 cm³/mol. The Kier molecular flexibility index (Phi) is 18.9. The van der Waals surface area contributed by atoms with E-state index in [2.05, 4.69) is 291 Å². The molecule has 5 aliphatic carbocycles. The molecule has 10 aromatic carbocycles. The molecule has 0 heterocycles. The second kappa shape index (κ2) is 29.1. The van der Waals surface area contributed by atoms with Crippen LogP contribution in [0.2, 0.25) is 0 Å². The Labute approximate surface area is 572 Å². The number of rotatable bonds is 16. The van der Waals surface area contributed by atoms with Crippen LogP contribution in [0.4, 0.5) is 34.1 Å². The van der Waals surface area contributed by atoms with Gasteiger partial charge in [-0.3, -0.25) is 0 Å². The van der Waals surface area contributed by atoms with E-state index < -0.39 is 0 Å². The van der Waals surface area contributed by atoms with Gasteiger partial charge in [0.05, 0.1) is 11.4 Å². The maximum absolute atomic E-state index is 2.48. The van der Waals surface area contributed by atoms with Crippen LogP contribution in [0, 0.1) is 13.8 Å². The number of anilines is 6. The highest BCUT2D eigenvalue weighted by molar-refractivity contribution is 6.15. The van der Waals surface area contributed by atoms with Crippen molar-refractivity contribution in [2.24, 2.45) is 0 Å². The van der Waals surface area contributed by atoms with Crippen LogP contribution < -0.4 is 9.80 Å². The van der Waals surface area contributed by atoms with Gasteiger partial charge in [-0.2, -0.15) is 0 Å². The number of nitrogens with zero attached hydrogens (tertiary/aromatic N) is 2. The van der Waals surface area contributed by atoms with Crippen LogP contribution in [-0.4, -0.2) is 0 Å². The molecule has 2 heteroatoms. The predicted octanol–water partition coefficient (Wildman–Crippen LogP) is 27.5. The number of allylic oxidation sites excluding steroid dienone is 4. The first-order valence-corrected chi connectivity index (χ1v) is 36.2. The molecule has 4 fully saturated rings. The van der Waals surface area contributed by atoms with Crippen molar-refractivity contribution in [1.29, 1.82) is 0 Å². The maximum Gasteiger partial charge on any atom is 0.0548 e. The van der Waals surface area contributed by atoms with Gasteiger partial charge in [-0.05, 0) is 267 Å². The molecule has 4 saturated carbocycles. The minimum atomic E-state index is 1.11. The van der Waals surface area contributed by atoms with E-state index in [4.69, 9.17) is 0 Å². The second-order valence-corrected chi connectivity index (χ2v) is 28.0. The van der Waals surface area contributed by atoms with Crippen molar-refractivity contribution in [3.8, 4) is 22.3 Å². The molecule has 476 valence electrons. The SMILES string of the molecule is Cc1ccc(N(c2ccc(C=C(c3ccc(C=C4CCCCC4)cc3)c3ccc(C=C4CCCCC4)cc3)cc2)c2ccc(N(c3ccc(C)cc3)c3ccc(C=C(c4ccc(C=C5CCCCC5)cc4)c4ccc(C=C5CCCCC5)cc4)cc3)c3c2-c2ccccc2-3)cc1.